The molecule has 0 saturated carbocycles. The molecular weight excluding hydrogens is 272 g/mol. The highest BCUT2D eigenvalue weighted by atomic mass is 16.4. The lowest BCUT2D eigenvalue weighted by molar-refractivity contribution is -0.143. The number of rotatable bonds is 7. The van der Waals surface area contributed by atoms with Crippen LogP contribution < -0.4 is 0 Å². The van der Waals surface area contributed by atoms with E-state index in [1.54, 1.807) is 0 Å². The van der Waals surface area contributed by atoms with Crippen LogP contribution in [0.3, 0.4) is 0 Å². The third-order valence-electron chi connectivity index (χ3n) is 3.94. The van der Waals surface area contributed by atoms with Gasteiger partial charge in [0.05, 0.1) is 5.92 Å². The number of aliphatic carboxylic acids is 1. The number of carbonyl (C=O) groups is 1. The molecule has 2 aromatic carbocycles. The van der Waals surface area contributed by atoms with E-state index >= 15 is 0 Å². The molecule has 0 aromatic heterocycles. The third-order valence-corrected chi connectivity index (χ3v) is 3.94. The average Bonchev–Trinajstić information content (AvgIpc) is 2.56. The largest absolute Gasteiger partial charge is 0.481 e. The lowest BCUT2D eigenvalue weighted by Crippen LogP contribution is -2.24. The topological polar surface area (TPSA) is 37.3 Å². The molecule has 1 N–H and O–H groups in total. The summed E-state index contributed by atoms with van der Waals surface area (Å²) in [4.78, 5) is 11.7. The lowest BCUT2D eigenvalue weighted by atomic mass is 9.84. The van der Waals surface area contributed by atoms with Crippen LogP contribution in [-0.2, 0) is 11.2 Å². The average molecular weight is 294 g/mol. The smallest absolute Gasteiger partial charge is 0.307 e. The Morgan fingerprint density at radius 2 is 1.64 bits per heavy atom. The second-order valence-corrected chi connectivity index (χ2v) is 5.48. The van der Waals surface area contributed by atoms with Gasteiger partial charge in [-0.3, -0.25) is 4.79 Å². The van der Waals surface area contributed by atoms with Gasteiger partial charge in [0.2, 0.25) is 0 Å². The number of benzene rings is 2. The van der Waals surface area contributed by atoms with Gasteiger partial charge >= 0.3 is 5.97 Å². The standard InChI is InChI=1S/C20H22O2/c1-2-18(14-13-16-9-5-3-6-10-16)19(20(21)22)15-17-11-7-4-8-12-17/h3-14,18-19H,2,15H2,1H3,(H,21,22). The zero-order chi connectivity index (χ0) is 15.8. The number of carboxylic acids is 1. The minimum Gasteiger partial charge on any atom is -0.481 e. The molecule has 0 amide bonds. The van der Waals surface area contributed by atoms with Crippen molar-refractivity contribution >= 4 is 12.0 Å². The van der Waals surface area contributed by atoms with Crippen molar-refractivity contribution in [2.45, 2.75) is 19.8 Å². The van der Waals surface area contributed by atoms with E-state index in [4.69, 9.17) is 0 Å². The van der Waals surface area contributed by atoms with Gasteiger partial charge in [-0.15, -0.1) is 0 Å². The van der Waals surface area contributed by atoms with Crippen molar-refractivity contribution in [3.63, 3.8) is 0 Å². The van der Waals surface area contributed by atoms with E-state index in [1.807, 2.05) is 79.7 Å². The van der Waals surface area contributed by atoms with Gasteiger partial charge in [-0.25, -0.2) is 0 Å². The summed E-state index contributed by atoms with van der Waals surface area (Å²) in [5.74, 6) is -1.10. The fraction of sp³-hybridized carbons (Fsp3) is 0.250. The van der Waals surface area contributed by atoms with Gasteiger partial charge in [-0.05, 0) is 29.9 Å². The first kappa shape index (κ1) is 16.0. The maximum atomic E-state index is 11.7. The fourth-order valence-corrected chi connectivity index (χ4v) is 2.64. The van der Waals surface area contributed by atoms with Crippen molar-refractivity contribution in [2.75, 3.05) is 0 Å². The maximum Gasteiger partial charge on any atom is 0.307 e. The van der Waals surface area contributed by atoms with E-state index in [9.17, 15) is 9.90 Å². The second-order valence-electron chi connectivity index (χ2n) is 5.48. The zero-order valence-electron chi connectivity index (χ0n) is 12.9. The first-order valence-electron chi connectivity index (χ1n) is 7.70. The van der Waals surface area contributed by atoms with Crippen LogP contribution in [0.4, 0.5) is 0 Å². The zero-order valence-corrected chi connectivity index (χ0v) is 12.9. The van der Waals surface area contributed by atoms with Crippen LogP contribution in [0.1, 0.15) is 24.5 Å². The Bertz CT molecular complexity index is 602. The second kappa shape index (κ2) is 8.18. The molecule has 2 heteroatoms. The monoisotopic (exact) mass is 294 g/mol. The van der Waals surface area contributed by atoms with E-state index in [2.05, 4.69) is 0 Å². The van der Waals surface area contributed by atoms with Gasteiger partial charge in [0, 0.05) is 0 Å². The molecule has 2 nitrogen and oxygen atoms in total. The molecule has 0 aliphatic rings. The Morgan fingerprint density at radius 3 is 2.18 bits per heavy atom. The summed E-state index contributed by atoms with van der Waals surface area (Å²) in [6.07, 6.45) is 5.44. The third kappa shape index (κ3) is 4.59. The van der Waals surface area contributed by atoms with Crippen LogP contribution in [0.15, 0.2) is 66.7 Å². The predicted molar refractivity (Wildman–Crippen MR) is 90.5 cm³/mol. The quantitative estimate of drug-likeness (QED) is 0.805. The van der Waals surface area contributed by atoms with E-state index in [1.165, 1.54) is 0 Å². The van der Waals surface area contributed by atoms with E-state index in [0.717, 1.165) is 17.5 Å². The lowest BCUT2D eigenvalue weighted by Gasteiger charge is -2.20. The Labute approximate surface area is 132 Å². The van der Waals surface area contributed by atoms with Gasteiger partial charge in [0.1, 0.15) is 0 Å². The van der Waals surface area contributed by atoms with Crippen molar-refractivity contribution in [2.24, 2.45) is 11.8 Å². The Kier molecular flexibility index (Phi) is 5.96. The summed E-state index contributed by atoms with van der Waals surface area (Å²) in [5, 5.41) is 9.60. The molecule has 22 heavy (non-hydrogen) atoms. The molecule has 0 aliphatic carbocycles. The number of hydrogen-bond donors (Lipinski definition) is 1. The molecule has 0 aliphatic heterocycles. The highest BCUT2D eigenvalue weighted by Crippen LogP contribution is 2.23. The van der Waals surface area contributed by atoms with Crippen LogP contribution in [0.25, 0.3) is 6.08 Å². The first-order chi connectivity index (χ1) is 10.7. The molecule has 0 fully saturated rings. The molecule has 114 valence electrons. The van der Waals surface area contributed by atoms with Gasteiger partial charge in [0.25, 0.3) is 0 Å². The van der Waals surface area contributed by atoms with Crippen LogP contribution in [0.5, 0.6) is 0 Å². The van der Waals surface area contributed by atoms with Crippen molar-refractivity contribution in [3.05, 3.63) is 77.9 Å². The number of allylic oxidation sites excluding steroid dienone is 1. The summed E-state index contributed by atoms with van der Waals surface area (Å²) in [6, 6.07) is 19.8. The minimum atomic E-state index is -0.728. The maximum absolute atomic E-state index is 11.7. The van der Waals surface area contributed by atoms with Gasteiger partial charge < -0.3 is 5.11 Å². The predicted octanol–water partition coefficient (Wildman–Crippen LogP) is 4.67. The van der Waals surface area contributed by atoms with Crippen molar-refractivity contribution in [3.8, 4) is 0 Å². The van der Waals surface area contributed by atoms with Crippen molar-refractivity contribution < 1.29 is 9.90 Å². The molecular formula is C20H22O2. The van der Waals surface area contributed by atoms with Crippen LogP contribution in [0.2, 0.25) is 0 Å². The first-order valence-corrected chi connectivity index (χ1v) is 7.70. The Morgan fingerprint density at radius 1 is 1.05 bits per heavy atom. The van der Waals surface area contributed by atoms with E-state index in [-0.39, 0.29) is 5.92 Å². The Hall–Kier alpha value is -2.35. The SMILES string of the molecule is CCC(C=Cc1ccccc1)C(Cc1ccccc1)C(=O)O. The number of hydrogen-bond acceptors (Lipinski definition) is 1. The molecule has 0 bridgehead atoms. The van der Waals surface area contributed by atoms with E-state index < -0.39 is 11.9 Å². The van der Waals surface area contributed by atoms with Crippen LogP contribution >= 0.6 is 0 Å². The Balaban J connectivity index is 2.14. The molecule has 0 radical (unpaired) electrons. The molecule has 2 unspecified atom stereocenters. The summed E-state index contributed by atoms with van der Waals surface area (Å²) >= 11 is 0. The van der Waals surface area contributed by atoms with Crippen LogP contribution in [0, 0.1) is 11.8 Å². The summed E-state index contributed by atoms with van der Waals surface area (Å²) in [7, 11) is 0. The van der Waals surface area contributed by atoms with Crippen molar-refractivity contribution in [1.29, 1.82) is 0 Å². The summed E-state index contributed by atoms with van der Waals surface area (Å²) in [6.45, 7) is 2.04. The van der Waals surface area contributed by atoms with Gasteiger partial charge in [-0.2, -0.15) is 0 Å². The molecule has 0 spiro atoms. The normalized spacial score (nSPS) is 13.9. The number of carboxylic acid groups (broad SMARTS) is 1. The molecule has 0 heterocycles. The minimum absolute atomic E-state index is 0.0258. The van der Waals surface area contributed by atoms with Gasteiger partial charge in [-0.1, -0.05) is 79.7 Å². The summed E-state index contributed by atoms with van der Waals surface area (Å²) in [5.41, 5.74) is 2.17. The van der Waals surface area contributed by atoms with E-state index in [0.29, 0.717) is 6.42 Å². The highest BCUT2D eigenvalue weighted by molar-refractivity contribution is 5.71. The molecule has 2 rings (SSSR count). The fourth-order valence-electron chi connectivity index (χ4n) is 2.64. The molecule has 2 atom stereocenters. The van der Waals surface area contributed by atoms with Gasteiger partial charge in [0.15, 0.2) is 0 Å². The summed E-state index contributed by atoms with van der Waals surface area (Å²) < 4.78 is 0. The molecule has 2 aromatic rings. The molecule has 0 saturated heterocycles. The highest BCUT2D eigenvalue weighted by Gasteiger charge is 2.25. The van der Waals surface area contributed by atoms with Crippen molar-refractivity contribution in [1.82, 2.24) is 0 Å². The van der Waals surface area contributed by atoms with Crippen LogP contribution in [-0.4, -0.2) is 11.1 Å².